The predicted molar refractivity (Wildman–Crippen MR) is 53.7 cm³/mol. The Hall–Kier alpha value is -0.420. The van der Waals surface area contributed by atoms with Gasteiger partial charge in [0.15, 0.2) is 6.29 Å². The highest BCUT2D eigenvalue weighted by molar-refractivity contribution is 4.86. The van der Waals surface area contributed by atoms with Gasteiger partial charge in [-0.25, -0.2) is 0 Å². The minimum atomic E-state index is -0.710. The van der Waals surface area contributed by atoms with Gasteiger partial charge in [-0.3, -0.25) is 0 Å². The average Bonchev–Trinajstić information content (AvgIpc) is 2.26. The Labute approximate surface area is 84.7 Å². The van der Waals surface area contributed by atoms with E-state index in [9.17, 15) is 5.11 Å². The number of ether oxygens (including phenoxy) is 2. The highest BCUT2D eigenvalue weighted by Gasteiger charge is 2.17. The van der Waals surface area contributed by atoms with Crippen LogP contribution in [0, 0.1) is 0 Å². The van der Waals surface area contributed by atoms with Crippen molar-refractivity contribution >= 4 is 0 Å². The molecule has 0 aromatic heterocycles. The fourth-order valence-corrected chi connectivity index (χ4v) is 1.33. The summed E-state index contributed by atoms with van der Waals surface area (Å²) in [7, 11) is 0. The summed E-state index contributed by atoms with van der Waals surface area (Å²) in [6.45, 7) is 4.52. The molecule has 4 nitrogen and oxygen atoms in total. The van der Waals surface area contributed by atoms with E-state index in [-0.39, 0.29) is 6.29 Å². The van der Waals surface area contributed by atoms with Crippen LogP contribution in [0.25, 0.3) is 0 Å². The molecule has 1 rings (SSSR count). The van der Waals surface area contributed by atoms with Gasteiger partial charge in [0.1, 0.15) is 0 Å². The number of rotatable bonds is 5. The zero-order chi connectivity index (χ0) is 10.4. The minimum Gasteiger partial charge on any atom is -0.387 e. The minimum absolute atomic E-state index is 0.146. The molecule has 0 radical (unpaired) electrons. The third-order valence-electron chi connectivity index (χ3n) is 2.29. The molecule has 3 N–H and O–H groups in total. The van der Waals surface area contributed by atoms with Crippen molar-refractivity contribution in [2.24, 2.45) is 5.73 Å². The first-order chi connectivity index (χ1) is 6.74. The normalized spacial score (nSPS) is 26.9. The fourth-order valence-electron chi connectivity index (χ4n) is 1.33. The molecule has 0 saturated carbocycles. The van der Waals surface area contributed by atoms with E-state index < -0.39 is 12.1 Å². The molecule has 82 valence electrons. The summed E-state index contributed by atoms with van der Waals surface area (Å²) in [5.74, 6) is 0. The fraction of sp³-hybridized carbons (Fsp3) is 0.800. The second-order valence-electron chi connectivity index (χ2n) is 3.52. The molecule has 0 aromatic carbocycles. The summed E-state index contributed by atoms with van der Waals surface area (Å²) >= 11 is 0. The van der Waals surface area contributed by atoms with Gasteiger partial charge in [0.2, 0.25) is 0 Å². The lowest BCUT2D eigenvalue weighted by molar-refractivity contribution is -0.167. The van der Waals surface area contributed by atoms with Crippen LogP contribution in [0.4, 0.5) is 0 Å². The van der Waals surface area contributed by atoms with E-state index in [4.69, 9.17) is 15.2 Å². The zero-order valence-electron chi connectivity index (χ0n) is 8.39. The third kappa shape index (κ3) is 3.75. The van der Waals surface area contributed by atoms with Crippen LogP contribution in [-0.4, -0.2) is 36.8 Å². The molecule has 3 unspecified atom stereocenters. The first-order valence-electron chi connectivity index (χ1n) is 5.03. The lowest BCUT2D eigenvalue weighted by atomic mass is 10.2. The summed E-state index contributed by atoms with van der Waals surface area (Å²) in [5, 5.41) is 9.29. The summed E-state index contributed by atoms with van der Waals surface area (Å²) in [4.78, 5) is 0. The molecular weight excluding hydrogens is 182 g/mol. The Morgan fingerprint density at radius 3 is 3.00 bits per heavy atom. The van der Waals surface area contributed by atoms with Crippen molar-refractivity contribution < 1.29 is 14.6 Å². The van der Waals surface area contributed by atoms with Crippen LogP contribution in [-0.2, 0) is 9.47 Å². The SMILES string of the molecule is C=CC(O)C(N)COC1CCCCO1. The Kier molecular flexibility index (Phi) is 5.11. The molecule has 0 amide bonds. The molecule has 14 heavy (non-hydrogen) atoms. The molecule has 3 atom stereocenters. The van der Waals surface area contributed by atoms with Gasteiger partial charge in [-0.1, -0.05) is 6.08 Å². The summed E-state index contributed by atoms with van der Waals surface area (Å²) < 4.78 is 10.8. The van der Waals surface area contributed by atoms with Crippen LogP contribution >= 0.6 is 0 Å². The second kappa shape index (κ2) is 6.14. The van der Waals surface area contributed by atoms with Crippen LogP contribution in [0.2, 0.25) is 0 Å². The van der Waals surface area contributed by atoms with Gasteiger partial charge >= 0.3 is 0 Å². The van der Waals surface area contributed by atoms with Crippen LogP contribution in [0.1, 0.15) is 19.3 Å². The van der Waals surface area contributed by atoms with E-state index >= 15 is 0 Å². The molecule has 0 aliphatic carbocycles. The zero-order valence-corrected chi connectivity index (χ0v) is 8.39. The van der Waals surface area contributed by atoms with Crippen molar-refractivity contribution in [2.45, 2.75) is 37.7 Å². The third-order valence-corrected chi connectivity index (χ3v) is 2.29. The molecule has 1 saturated heterocycles. The predicted octanol–water partition coefficient (Wildman–Crippen LogP) is 0.404. The molecular formula is C10H19NO3. The lowest BCUT2D eigenvalue weighted by Crippen LogP contribution is -2.39. The highest BCUT2D eigenvalue weighted by Crippen LogP contribution is 2.13. The van der Waals surface area contributed by atoms with E-state index in [1.807, 2.05) is 0 Å². The largest absolute Gasteiger partial charge is 0.387 e. The molecule has 0 bridgehead atoms. The first-order valence-corrected chi connectivity index (χ1v) is 5.03. The quantitative estimate of drug-likeness (QED) is 0.632. The summed E-state index contributed by atoms with van der Waals surface area (Å²) in [6.07, 6.45) is 3.70. The Bertz CT molecular complexity index is 169. The van der Waals surface area contributed by atoms with Crippen molar-refractivity contribution in [1.82, 2.24) is 0 Å². The molecule has 4 heteroatoms. The van der Waals surface area contributed by atoms with Gasteiger partial charge in [0.25, 0.3) is 0 Å². The van der Waals surface area contributed by atoms with Crippen LogP contribution in [0.15, 0.2) is 12.7 Å². The maximum atomic E-state index is 9.29. The lowest BCUT2D eigenvalue weighted by Gasteiger charge is -2.25. The van der Waals surface area contributed by atoms with E-state index in [0.717, 1.165) is 25.9 Å². The Morgan fingerprint density at radius 1 is 1.64 bits per heavy atom. The molecule has 1 aliphatic rings. The van der Waals surface area contributed by atoms with E-state index in [1.54, 1.807) is 0 Å². The van der Waals surface area contributed by atoms with Gasteiger partial charge in [-0.15, -0.1) is 6.58 Å². The van der Waals surface area contributed by atoms with Gasteiger partial charge in [-0.2, -0.15) is 0 Å². The molecule has 0 aromatic rings. The van der Waals surface area contributed by atoms with Crippen molar-refractivity contribution in [2.75, 3.05) is 13.2 Å². The number of nitrogens with two attached hydrogens (primary N) is 1. The first kappa shape index (κ1) is 11.7. The maximum Gasteiger partial charge on any atom is 0.157 e. The highest BCUT2D eigenvalue weighted by atomic mass is 16.7. The van der Waals surface area contributed by atoms with Crippen molar-refractivity contribution in [3.05, 3.63) is 12.7 Å². The van der Waals surface area contributed by atoms with Gasteiger partial charge in [-0.05, 0) is 19.3 Å². The molecule has 1 aliphatic heterocycles. The average molecular weight is 201 g/mol. The van der Waals surface area contributed by atoms with Crippen LogP contribution in [0.5, 0.6) is 0 Å². The number of aliphatic hydroxyl groups excluding tert-OH is 1. The van der Waals surface area contributed by atoms with Crippen LogP contribution in [0.3, 0.4) is 0 Å². The molecule has 1 fully saturated rings. The van der Waals surface area contributed by atoms with E-state index in [2.05, 4.69) is 6.58 Å². The van der Waals surface area contributed by atoms with Crippen molar-refractivity contribution in [3.63, 3.8) is 0 Å². The maximum absolute atomic E-state index is 9.29. The molecule has 0 spiro atoms. The molecule has 1 heterocycles. The number of hydrogen-bond acceptors (Lipinski definition) is 4. The summed E-state index contributed by atoms with van der Waals surface area (Å²) in [6, 6.07) is -0.418. The monoisotopic (exact) mass is 201 g/mol. The smallest absolute Gasteiger partial charge is 0.157 e. The van der Waals surface area contributed by atoms with Crippen molar-refractivity contribution in [1.29, 1.82) is 0 Å². The van der Waals surface area contributed by atoms with Crippen molar-refractivity contribution in [3.8, 4) is 0 Å². The summed E-state index contributed by atoms with van der Waals surface area (Å²) in [5.41, 5.74) is 5.64. The van der Waals surface area contributed by atoms with Crippen LogP contribution < -0.4 is 5.73 Å². The van der Waals surface area contributed by atoms with Gasteiger partial charge < -0.3 is 20.3 Å². The standard InChI is InChI=1S/C10H19NO3/c1-2-9(12)8(11)7-14-10-5-3-4-6-13-10/h2,8-10,12H,1,3-7,11H2. The van der Waals surface area contributed by atoms with Gasteiger partial charge in [0, 0.05) is 6.61 Å². The second-order valence-corrected chi connectivity index (χ2v) is 3.52. The van der Waals surface area contributed by atoms with E-state index in [1.165, 1.54) is 6.08 Å². The Morgan fingerprint density at radius 2 is 2.43 bits per heavy atom. The number of aliphatic hydroxyl groups is 1. The Balaban J connectivity index is 2.15. The number of hydrogen-bond donors (Lipinski definition) is 2. The van der Waals surface area contributed by atoms with Gasteiger partial charge in [0.05, 0.1) is 18.8 Å². The van der Waals surface area contributed by atoms with E-state index in [0.29, 0.717) is 6.61 Å². The topological polar surface area (TPSA) is 64.7 Å².